The van der Waals surface area contributed by atoms with Crippen molar-refractivity contribution in [2.45, 2.75) is 51.0 Å². The maximum Gasteiger partial charge on any atom is 0.412 e. The molecular formula is C18H22F4O2. The van der Waals surface area contributed by atoms with E-state index in [1.165, 1.54) is 5.56 Å². The van der Waals surface area contributed by atoms with Crippen LogP contribution in [0.5, 0.6) is 0 Å². The molecule has 0 saturated carbocycles. The first-order valence-corrected chi connectivity index (χ1v) is 8.08. The highest BCUT2D eigenvalue weighted by molar-refractivity contribution is 5.28. The van der Waals surface area contributed by atoms with Crippen LogP contribution in [0.1, 0.15) is 49.7 Å². The van der Waals surface area contributed by atoms with Gasteiger partial charge in [-0.25, -0.2) is 4.39 Å². The zero-order valence-corrected chi connectivity index (χ0v) is 13.8. The third kappa shape index (κ3) is 5.31. The molecule has 0 N–H and O–H groups in total. The van der Waals surface area contributed by atoms with Crippen LogP contribution in [0.2, 0.25) is 0 Å². The summed E-state index contributed by atoms with van der Waals surface area (Å²) in [6.07, 6.45) is -4.50. The van der Waals surface area contributed by atoms with E-state index in [0.717, 1.165) is 18.4 Å². The second-order valence-corrected chi connectivity index (χ2v) is 6.12. The van der Waals surface area contributed by atoms with E-state index in [1.54, 1.807) is 0 Å². The van der Waals surface area contributed by atoms with Crippen LogP contribution in [0.3, 0.4) is 0 Å². The highest BCUT2D eigenvalue weighted by Gasteiger charge is 2.32. The van der Waals surface area contributed by atoms with Crippen molar-refractivity contribution in [2.75, 3.05) is 13.2 Å². The van der Waals surface area contributed by atoms with E-state index in [2.05, 4.69) is 13.8 Å². The lowest BCUT2D eigenvalue weighted by Crippen LogP contribution is -2.31. The zero-order valence-electron chi connectivity index (χ0n) is 13.8. The van der Waals surface area contributed by atoms with Crippen molar-refractivity contribution in [1.82, 2.24) is 0 Å². The van der Waals surface area contributed by atoms with Crippen molar-refractivity contribution in [3.8, 4) is 0 Å². The molecular weight excluding hydrogens is 324 g/mol. The van der Waals surface area contributed by atoms with Crippen LogP contribution in [-0.4, -0.2) is 25.7 Å². The van der Waals surface area contributed by atoms with Crippen LogP contribution in [0, 0.1) is 0 Å². The molecule has 0 radical (unpaired) electrons. The molecule has 0 bridgehead atoms. The van der Waals surface area contributed by atoms with E-state index < -0.39 is 24.4 Å². The summed E-state index contributed by atoms with van der Waals surface area (Å²) in [5.41, 5.74) is 2.22. The van der Waals surface area contributed by atoms with Gasteiger partial charge in [0.2, 0.25) is 6.29 Å². The highest BCUT2D eigenvalue weighted by Crippen LogP contribution is 2.29. The van der Waals surface area contributed by atoms with Gasteiger partial charge >= 0.3 is 6.18 Å². The molecule has 1 saturated heterocycles. The van der Waals surface area contributed by atoms with Gasteiger partial charge in [-0.15, -0.1) is 0 Å². The van der Waals surface area contributed by atoms with Crippen LogP contribution in [0.4, 0.5) is 17.6 Å². The number of rotatable bonds is 5. The van der Waals surface area contributed by atoms with Gasteiger partial charge in [0.15, 0.2) is 5.83 Å². The van der Waals surface area contributed by atoms with Crippen molar-refractivity contribution < 1.29 is 27.0 Å². The third-order valence-electron chi connectivity index (χ3n) is 4.12. The normalized spacial score (nSPS) is 24.0. The summed E-state index contributed by atoms with van der Waals surface area (Å²) in [7, 11) is 0. The number of hydrogen-bond donors (Lipinski definition) is 0. The first-order valence-electron chi connectivity index (χ1n) is 8.08. The first kappa shape index (κ1) is 18.9. The standard InChI is InChI=1S/C18H22F4O2/c1-3-4-12(2)13-5-7-14(8-6-13)15-10-23-17(24-11-15)16(19)9-18(20,21)22/h5-9,12,15,17H,3-4,10-11H2,1-2H3/b16-9-. The van der Waals surface area contributed by atoms with Crippen LogP contribution in [0.15, 0.2) is 36.2 Å². The molecule has 134 valence electrons. The molecule has 1 aliphatic rings. The van der Waals surface area contributed by atoms with Crippen LogP contribution in [0.25, 0.3) is 0 Å². The van der Waals surface area contributed by atoms with Gasteiger partial charge in [-0.1, -0.05) is 44.5 Å². The Kier molecular flexibility index (Phi) is 6.40. The van der Waals surface area contributed by atoms with Crippen molar-refractivity contribution in [1.29, 1.82) is 0 Å². The van der Waals surface area contributed by atoms with Gasteiger partial charge in [0, 0.05) is 5.92 Å². The lowest BCUT2D eigenvalue weighted by atomic mass is 9.93. The summed E-state index contributed by atoms with van der Waals surface area (Å²) in [5, 5.41) is 0. The Bertz CT molecular complexity index is 543. The Balaban J connectivity index is 1.94. The fraction of sp³-hybridized carbons (Fsp3) is 0.556. The maximum atomic E-state index is 13.4. The van der Waals surface area contributed by atoms with Gasteiger partial charge in [-0.05, 0) is 23.5 Å². The fourth-order valence-electron chi connectivity index (χ4n) is 2.78. The Morgan fingerprint density at radius 3 is 2.29 bits per heavy atom. The van der Waals surface area contributed by atoms with E-state index in [1.807, 2.05) is 24.3 Å². The molecule has 0 amide bonds. The Labute approximate surface area is 139 Å². The third-order valence-corrected chi connectivity index (χ3v) is 4.12. The Hall–Kier alpha value is -1.40. The van der Waals surface area contributed by atoms with Gasteiger partial charge in [0.05, 0.1) is 19.3 Å². The molecule has 0 aliphatic carbocycles. The largest absolute Gasteiger partial charge is 0.412 e. The summed E-state index contributed by atoms with van der Waals surface area (Å²) in [6.45, 7) is 4.55. The van der Waals surface area contributed by atoms with Gasteiger partial charge in [-0.3, -0.25) is 0 Å². The number of allylic oxidation sites excluding steroid dienone is 1. The van der Waals surface area contributed by atoms with Crippen molar-refractivity contribution >= 4 is 0 Å². The average Bonchev–Trinajstić information content (AvgIpc) is 2.54. The molecule has 24 heavy (non-hydrogen) atoms. The fourth-order valence-corrected chi connectivity index (χ4v) is 2.78. The van der Waals surface area contributed by atoms with Gasteiger partial charge in [0.25, 0.3) is 0 Å². The predicted molar refractivity (Wildman–Crippen MR) is 83.4 cm³/mol. The van der Waals surface area contributed by atoms with E-state index in [4.69, 9.17) is 9.47 Å². The average molecular weight is 346 g/mol. The summed E-state index contributed by atoms with van der Waals surface area (Å²) in [6, 6.07) is 8.04. The Morgan fingerprint density at radius 1 is 1.21 bits per heavy atom. The highest BCUT2D eigenvalue weighted by atomic mass is 19.4. The van der Waals surface area contributed by atoms with Crippen molar-refractivity contribution in [3.05, 3.63) is 47.3 Å². The Morgan fingerprint density at radius 2 is 1.79 bits per heavy atom. The molecule has 0 aromatic heterocycles. The maximum absolute atomic E-state index is 13.4. The summed E-state index contributed by atoms with van der Waals surface area (Å²) >= 11 is 0. The zero-order chi connectivity index (χ0) is 17.7. The molecule has 2 rings (SSSR count). The molecule has 1 heterocycles. The molecule has 0 spiro atoms. The lowest BCUT2D eigenvalue weighted by Gasteiger charge is -2.29. The number of ether oxygens (including phenoxy) is 2. The predicted octanol–water partition coefficient (Wildman–Crippen LogP) is 5.46. The monoisotopic (exact) mass is 346 g/mol. The molecule has 2 nitrogen and oxygen atoms in total. The second-order valence-electron chi connectivity index (χ2n) is 6.12. The molecule has 1 aromatic carbocycles. The number of halogens is 4. The van der Waals surface area contributed by atoms with E-state index in [0.29, 0.717) is 5.92 Å². The lowest BCUT2D eigenvalue weighted by molar-refractivity contribution is -0.177. The summed E-state index contributed by atoms with van der Waals surface area (Å²) < 4.78 is 60.0. The minimum atomic E-state index is -4.72. The van der Waals surface area contributed by atoms with Gasteiger partial charge in [-0.2, -0.15) is 13.2 Å². The van der Waals surface area contributed by atoms with E-state index in [9.17, 15) is 17.6 Å². The van der Waals surface area contributed by atoms with Gasteiger partial charge < -0.3 is 9.47 Å². The second kappa shape index (κ2) is 8.12. The molecule has 1 aliphatic heterocycles. The minimum Gasteiger partial charge on any atom is -0.346 e. The molecule has 1 unspecified atom stereocenters. The minimum absolute atomic E-state index is 0.115. The van der Waals surface area contributed by atoms with Crippen LogP contribution < -0.4 is 0 Å². The smallest absolute Gasteiger partial charge is 0.346 e. The summed E-state index contributed by atoms with van der Waals surface area (Å²) in [4.78, 5) is 0. The molecule has 1 atom stereocenters. The van der Waals surface area contributed by atoms with E-state index >= 15 is 0 Å². The molecule has 6 heteroatoms. The topological polar surface area (TPSA) is 18.5 Å². The number of benzene rings is 1. The number of hydrogen-bond acceptors (Lipinski definition) is 2. The van der Waals surface area contributed by atoms with Crippen molar-refractivity contribution in [3.63, 3.8) is 0 Å². The molecule has 1 fully saturated rings. The number of alkyl halides is 3. The van der Waals surface area contributed by atoms with Crippen LogP contribution in [-0.2, 0) is 9.47 Å². The SMILES string of the molecule is CCCC(C)c1ccc(C2COC(/C(F)=C/C(F)(F)F)OC2)cc1. The van der Waals surface area contributed by atoms with Gasteiger partial charge in [0.1, 0.15) is 0 Å². The summed E-state index contributed by atoms with van der Waals surface area (Å²) in [5.74, 6) is -1.09. The van der Waals surface area contributed by atoms with E-state index in [-0.39, 0.29) is 19.1 Å². The first-order chi connectivity index (χ1) is 11.3. The molecule has 1 aromatic rings. The van der Waals surface area contributed by atoms with Crippen LogP contribution >= 0.6 is 0 Å². The quantitative estimate of drug-likeness (QED) is 0.659. The van der Waals surface area contributed by atoms with Crippen molar-refractivity contribution in [2.24, 2.45) is 0 Å².